The van der Waals surface area contributed by atoms with Gasteiger partial charge >= 0.3 is 13.7 Å². The van der Waals surface area contributed by atoms with Gasteiger partial charge < -0.3 is 29.0 Å². The van der Waals surface area contributed by atoms with E-state index in [4.69, 9.17) is 25.5 Å². The number of hydrogen-bond donors (Lipinski definition) is 3. The first-order valence-corrected chi connectivity index (χ1v) is 20.4. The highest BCUT2D eigenvalue weighted by Gasteiger charge is 2.51. The highest BCUT2D eigenvalue weighted by atomic mass is 35.5. The van der Waals surface area contributed by atoms with Crippen LogP contribution < -0.4 is 10.1 Å². The molecular weight excluding hydrogens is 709 g/mol. The van der Waals surface area contributed by atoms with Gasteiger partial charge in [-0.2, -0.15) is 0 Å². The van der Waals surface area contributed by atoms with Crippen LogP contribution in [-0.4, -0.2) is 44.1 Å². The number of hydrogen-bond acceptors (Lipinski definition) is 6. The molecule has 0 bridgehead atoms. The Morgan fingerprint density at radius 1 is 0.980 bits per heavy atom. The molecule has 0 radical (unpaired) electrons. The molecule has 274 valence electrons. The van der Waals surface area contributed by atoms with Crippen LogP contribution >= 0.6 is 31.0 Å². The van der Waals surface area contributed by atoms with E-state index < -0.39 is 30.2 Å². The summed E-state index contributed by atoms with van der Waals surface area (Å²) in [5.74, 6) is 0.543. The molecule has 0 aliphatic rings. The van der Waals surface area contributed by atoms with Gasteiger partial charge in [-0.05, 0) is 105 Å². The van der Waals surface area contributed by atoms with Crippen molar-refractivity contribution in [2.75, 3.05) is 6.61 Å². The molecule has 3 aromatic rings. The Labute approximate surface area is 310 Å². The first-order valence-electron chi connectivity index (χ1n) is 16.8. The molecule has 3 rings (SSSR count). The Morgan fingerprint density at radius 3 is 2.22 bits per heavy atom. The summed E-state index contributed by atoms with van der Waals surface area (Å²) < 4.78 is 29.8. The second-order valence-corrected chi connectivity index (χ2v) is 18.4. The van der Waals surface area contributed by atoms with Gasteiger partial charge in [0.25, 0.3) is 0 Å². The summed E-state index contributed by atoms with van der Waals surface area (Å²) in [6, 6.07) is 24.1. The van der Waals surface area contributed by atoms with Crippen molar-refractivity contribution in [1.82, 2.24) is 5.32 Å². The summed E-state index contributed by atoms with van der Waals surface area (Å²) in [4.78, 5) is 36.2. The van der Waals surface area contributed by atoms with Crippen molar-refractivity contribution in [1.29, 1.82) is 0 Å². The normalized spacial score (nSPS) is 14.8. The van der Waals surface area contributed by atoms with Crippen molar-refractivity contribution in [3.05, 3.63) is 99.8 Å². The van der Waals surface area contributed by atoms with E-state index in [1.807, 2.05) is 94.4 Å². The molecule has 0 saturated carbocycles. The summed E-state index contributed by atoms with van der Waals surface area (Å²) in [7, 11) is -4.41. The maximum atomic E-state index is 13.4. The third kappa shape index (κ3) is 11.7. The Hall–Kier alpha value is -2.56. The summed E-state index contributed by atoms with van der Waals surface area (Å²) in [6.45, 7) is 15.2. The van der Waals surface area contributed by atoms with Gasteiger partial charge in [0.2, 0.25) is 0 Å². The summed E-state index contributed by atoms with van der Waals surface area (Å²) in [5, 5.41) is 3.65. The van der Waals surface area contributed by atoms with Crippen molar-refractivity contribution < 1.29 is 33.0 Å². The van der Waals surface area contributed by atoms with E-state index in [-0.39, 0.29) is 17.8 Å². The zero-order valence-corrected chi connectivity index (χ0v) is 35.2. The van der Waals surface area contributed by atoms with Gasteiger partial charge in [0, 0.05) is 14.8 Å². The molecule has 2 atom stereocenters. The van der Waals surface area contributed by atoms with Crippen LogP contribution in [0.1, 0.15) is 79.4 Å². The minimum Gasteiger partial charge on any atom is -0.489 e. The molecule has 3 aromatic carbocycles. The van der Waals surface area contributed by atoms with Gasteiger partial charge in [-0.3, -0.25) is 4.57 Å². The van der Waals surface area contributed by atoms with Crippen LogP contribution in [0.3, 0.4) is 0 Å². The first kappa shape index (κ1) is 41.9. The monoisotopic (exact) mass is 761 g/mol. The standard InChI is InChI=1S/C38H53ClNO7PSSi/c1-26(38(36(3,4)5,40-35(41)47-37(6,7)8)27(2)34(25-46-50)48(42,43)44)14-12-17-29-20-21-32(23-33(29)39)49-31-19-13-18-30(22-31)45-24-28-15-10-9-11-16-28/h9-11,13,15-16,18-23,26H,12,14,17,24-25H2,1-8,50H3,(H,40,41)(H2,42,43,44). The number of alkyl carbamates (subject to hydrolysis) is 1. The zero-order chi connectivity index (χ0) is 37.3. The number of halogens is 1. The highest BCUT2D eigenvalue weighted by molar-refractivity contribution is 7.99. The molecule has 0 fully saturated rings. The van der Waals surface area contributed by atoms with E-state index in [1.165, 1.54) is 0 Å². The third-order valence-electron chi connectivity index (χ3n) is 8.67. The molecule has 0 aromatic heterocycles. The summed E-state index contributed by atoms with van der Waals surface area (Å²) >= 11 is 8.42. The van der Waals surface area contributed by atoms with Gasteiger partial charge in [0.05, 0.1) is 17.5 Å². The SMILES string of the molecule is CC(=C(CO[SiH3])P(=O)(O)O)C(NC(=O)OC(C)(C)C)(C(C)CCCc1ccc(Sc2cccc(OCc3ccccc3)c2)cc1Cl)C(C)(C)C. The topological polar surface area (TPSA) is 114 Å². The maximum absolute atomic E-state index is 13.4. The fourth-order valence-corrected chi connectivity index (χ4v) is 9.12. The van der Waals surface area contributed by atoms with E-state index in [1.54, 1.807) is 39.5 Å². The first-order chi connectivity index (χ1) is 23.3. The smallest absolute Gasteiger partial charge is 0.408 e. The van der Waals surface area contributed by atoms with E-state index in [2.05, 4.69) is 11.4 Å². The molecule has 2 unspecified atom stereocenters. The number of rotatable bonds is 15. The number of carbonyl (C=O) groups is 1. The van der Waals surface area contributed by atoms with Crippen LogP contribution in [0.4, 0.5) is 4.79 Å². The fourth-order valence-electron chi connectivity index (χ4n) is 6.43. The lowest BCUT2D eigenvalue weighted by molar-refractivity contribution is 0.0282. The Balaban J connectivity index is 1.80. The fraction of sp³-hybridized carbons (Fsp3) is 0.447. The zero-order valence-electron chi connectivity index (χ0n) is 30.7. The van der Waals surface area contributed by atoms with Gasteiger partial charge in [0.15, 0.2) is 0 Å². The average molecular weight is 762 g/mol. The minimum atomic E-state index is -4.71. The van der Waals surface area contributed by atoms with Crippen LogP contribution in [0, 0.1) is 11.3 Å². The quantitative estimate of drug-likeness (QED) is 0.104. The lowest BCUT2D eigenvalue weighted by Gasteiger charge is -2.51. The van der Waals surface area contributed by atoms with Crippen molar-refractivity contribution >= 4 is 47.5 Å². The minimum absolute atomic E-state index is 0.116. The van der Waals surface area contributed by atoms with Crippen molar-refractivity contribution in [3.63, 3.8) is 0 Å². The average Bonchev–Trinajstić information content (AvgIpc) is 3.01. The molecular formula is C38H53ClNO7PSSi. The molecule has 0 heterocycles. The number of carbonyl (C=O) groups excluding carboxylic acids is 1. The second-order valence-electron chi connectivity index (χ2n) is 14.6. The molecule has 12 heteroatoms. The van der Waals surface area contributed by atoms with Crippen LogP contribution in [0.5, 0.6) is 5.75 Å². The number of aryl methyl sites for hydroxylation is 1. The Kier molecular flexibility index (Phi) is 14.9. The third-order valence-corrected chi connectivity index (χ3v) is 11.5. The van der Waals surface area contributed by atoms with E-state index >= 15 is 0 Å². The number of ether oxygens (including phenoxy) is 2. The number of benzene rings is 3. The molecule has 0 saturated heterocycles. The Morgan fingerprint density at radius 2 is 1.64 bits per heavy atom. The second kappa shape index (κ2) is 17.8. The number of amides is 1. The van der Waals surface area contributed by atoms with Crippen LogP contribution in [-0.2, 0) is 26.8 Å². The molecule has 0 aliphatic carbocycles. The summed E-state index contributed by atoms with van der Waals surface area (Å²) in [5.41, 5.74) is -0.109. The van der Waals surface area contributed by atoms with Gasteiger partial charge in [-0.1, -0.05) is 93.5 Å². The highest BCUT2D eigenvalue weighted by Crippen LogP contribution is 2.53. The van der Waals surface area contributed by atoms with E-state index in [9.17, 15) is 19.1 Å². The van der Waals surface area contributed by atoms with Crippen LogP contribution in [0.25, 0.3) is 0 Å². The molecule has 3 N–H and O–H groups in total. The predicted octanol–water partition coefficient (Wildman–Crippen LogP) is 9.09. The maximum Gasteiger partial charge on any atom is 0.408 e. The predicted molar refractivity (Wildman–Crippen MR) is 207 cm³/mol. The summed E-state index contributed by atoms with van der Waals surface area (Å²) in [6.07, 6.45) is 1.38. The van der Waals surface area contributed by atoms with E-state index in [0.29, 0.717) is 40.5 Å². The largest absolute Gasteiger partial charge is 0.489 e. The Bertz CT molecular complexity index is 1670. The lowest BCUT2D eigenvalue weighted by Crippen LogP contribution is -2.63. The number of nitrogens with one attached hydrogen (secondary N) is 1. The molecule has 0 aliphatic heterocycles. The van der Waals surface area contributed by atoms with Crippen molar-refractivity contribution in [2.24, 2.45) is 11.3 Å². The van der Waals surface area contributed by atoms with Crippen molar-refractivity contribution in [2.45, 2.75) is 102 Å². The lowest BCUT2D eigenvalue weighted by atomic mass is 9.61. The molecule has 8 nitrogen and oxygen atoms in total. The van der Waals surface area contributed by atoms with Gasteiger partial charge in [-0.25, -0.2) is 4.79 Å². The van der Waals surface area contributed by atoms with Gasteiger partial charge in [-0.15, -0.1) is 0 Å². The molecule has 0 spiro atoms. The molecule has 50 heavy (non-hydrogen) atoms. The van der Waals surface area contributed by atoms with E-state index in [0.717, 1.165) is 33.1 Å². The van der Waals surface area contributed by atoms with Crippen molar-refractivity contribution in [3.8, 4) is 5.75 Å². The van der Waals surface area contributed by atoms with Gasteiger partial charge in [0.1, 0.15) is 28.4 Å². The van der Waals surface area contributed by atoms with Crippen LogP contribution in [0.15, 0.2) is 93.5 Å². The van der Waals surface area contributed by atoms with Crippen LogP contribution in [0.2, 0.25) is 5.02 Å². The molecule has 1 amide bonds.